The largest absolute Gasteiger partial charge is 0.497 e. The lowest BCUT2D eigenvalue weighted by molar-refractivity contribution is -0.123. The molecule has 222 valence electrons. The molecular weight excluding hydrogens is 556 g/mol. The third-order valence-corrected chi connectivity index (χ3v) is 7.16. The first-order valence-corrected chi connectivity index (χ1v) is 14.1. The molecule has 0 spiro atoms. The topological polar surface area (TPSA) is 92.7 Å². The zero-order valence-electron chi connectivity index (χ0n) is 24.5. The van der Waals surface area contributed by atoms with Crippen LogP contribution in [0.1, 0.15) is 42.6 Å². The van der Waals surface area contributed by atoms with Gasteiger partial charge in [0.05, 0.1) is 38.5 Å². The highest BCUT2D eigenvalue weighted by molar-refractivity contribution is 6.30. The number of carbonyl (C=O) groups is 2. The van der Waals surface area contributed by atoms with Crippen LogP contribution >= 0.6 is 11.6 Å². The number of amides is 2. The predicted octanol–water partition coefficient (Wildman–Crippen LogP) is 4.89. The minimum absolute atomic E-state index is 0.0676. The van der Waals surface area contributed by atoms with Gasteiger partial charge >= 0.3 is 0 Å². The number of carbonyl (C=O) groups excluding carboxylic acids is 2. The van der Waals surface area contributed by atoms with Crippen LogP contribution in [-0.4, -0.2) is 75.0 Å². The summed E-state index contributed by atoms with van der Waals surface area (Å²) in [5.74, 6) is 2.69. The first-order chi connectivity index (χ1) is 20.2. The Morgan fingerprint density at radius 1 is 0.976 bits per heavy atom. The van der Waals surface area contributed by atoms with Crippen LogP contribution in [0.5, 0.6) is 17.2 Å². The van der Waals surface area contributed by atoms with Gasteiger partial charge in [0.1, 0.15) is 29.1 Å². The number of benzene rings is 3. The van der Waals surface area contributed by atoms with Crippen LogP contribution in [0.15, 0.2) is 71.7 Å². The average molecular weight is 593 g/mol. The molecule has 5 rings (SSSR count). The number of nitrogens with one attached hydrogen (secondary N) is 1. The molecule has 0 radical (unpaired) electrons. The summed E-state index contributed by atoms with van der Waals surface area (Å²) >= 11 is 6.14. The fourth-order valence-corrected chi connectivity index (χ4v) is 5.00. The number of hydrogen-bond donors (Lipinski definition) is 1. The average Bonchev–Trinajstić information content (AvgIpc) is 3.37. The number of hydrogen-bond acceptors (Lipinski definition) is 7. The minimum Gasteiger partial charge on any atom is -0.497 e. The zero-order valence-corrected chi connectivity index (χ0v) is 25.3. The van der Waals surface area contributed by atoms with Crippen molar-refractivity contribution in [2.24, 2.45) is 4.99 Å². The van der Waals surface area contributed by atoms with Crippen molar-refractivity contribution in [1.29, 1.82) is 0 Å². The Hall–Kier alpha value is -4.08. The third-order valence-electron chi connectivity index (χ3n) is 6.91. The molecule has 3 aromatic rings. The number of nitrogens with zero attached hydrogens (tertiary/aromatic N) is 3. The maximum atomic E-state index is 12.5. The summed E-state index contributed by atoms with van der Waals surface area (Å²) in [6, 6.07) is 20.1. The molecule has 1 N–H and O–H groups in total. The first-order valence-electron chi connectivity index (χ1n) is 13.7. The Morgan fingerprint density at radius 3 is 2.17 bits per heavy atom. The molecule has 2 aliphatic heterocycles. The molecule has 10 heteroatoms. The van der Waals surface area contributed by atoms with E-state index in [0.717, 1.165) is 41.9 Å². The Bertz CT molecular complexity index is 1400. The lowest BCUT2D eigenvalue weighted by atomic mass is 9.94. The zero-order chi connectivity index (χ0) is 30.2. The first kappa shape index (κ1) is 30.9. The summed E-state index contributed by atoms with van der Waals surface area (Å²) in [7, 11) is 5.18. The van der Waals surface area contributed by atoms with Crippen LogP contribution in [0.3, 0.4) is 0 Å². The van der Waals surface area contributed by atoms with E-state index in [9.17, 15) is 9.59 Å². The van der Waals surface area contributed by atoms with Gasteiger partial charge in [-0.2, -0.15) is 0 Å². The van der Waals surface area contributed by atoms with Gasteiger partial charge in [-0.3, -0.25) is 24.4 Å². The molecule has 1 fully saturated rings. The van der Waals surface area contributed by atoms with Crippen LogP contribution in [0.4, 0.5) is 0 Å². The smallest absolute Gasteiger partial charge is 0.234 e. The molecule has 42 heavy (non-hydrogen) atoms. The molecule has 2 amide bonds. The van der Waals surface area contributed by atoms with Crippen molar-refractivity contribution in [2.45, 2.75) is 32.0 Å². The van der Waals surface area contributed by atoms with E-state index in [4.69, 9.17) is 30.8 Å². The van der Waals surface area contributed by atoms with E-state index in [1.165, 1.54) is 0 Å². The second-order valence-electron chi connectivity index (χ2n) is 10.3. The van der Waals surface area contributed by atoms with Gasteiger partial charge in [0, 0.05) is 24.2 Å². The minimum atomic E-state index is -0.354. The van der Waals surface area contributed by atoms with Crippen LogP contribution in [0, 0.1) is 0 Å². The molecule has 3 aromatic carbocycles. The van der Waals surface area contributed by atoms with Gasteiger partial charge in [0.25, 0.3) is 0 Å². The summed E-state index contributed by atoms with van der Waals surface area (Å²) in [6.45, 7) is 6.24. The van der Waals surface area contributed by atoms with Crippen LogP contribution < -0.4 is 19.5 Å². The maximum Gasteiger partial charge on any atom is 0.234 e. The lowest BCUT2D eigenvalue weighted by Gasteiger charge is -2.27. The van der Waals surface area contributed by atoms with Gasteiger partial charge in [-0.25, -0.2) is 0 Å². The number of ether oxygens (including phenoxy) is 3. The number of halogens is 1. The monoisotopic (exact) mass is 592 g/mol. The third kappa shape index (κ3) is 7.40. The van der Waals surface area contributed by atoms with Crippen molar-refractivity contribution >= 4 is 29.8 Å². The molecule has 0 aliphatic carbocycles. The second-order valence-corrected chi connectivity index (χ2v) is 10.7. The molecule has 1 saturated heterocycles. The van der Waals surface area contributed by atoms with Crippen molar-refractivity contribution in [2.75, 3.05) is 40.9 Å². The van der Waals surface area contributed by atoms with E-state index < -0.39 is 0 Å². The Labute approximate surface area is 252 Å². The van der Waals surface area contributed by atoms with E-state index in [1.807, 2.05) is 92.5 Å². The van der Waals surface area contributed by atoms with E-state index >= 15 is 0 Å². The molecule has 0 aromatic heterocycles. The van der Waals surface area contributed by atoms with Crippen LogP contribution in [0.25, 0.3) is 0 Å². The molecule has 2 heterocycles. The molecule has 2 atom stereocenters. The molecule has 2 aliphatic rings. The summed E-state index contributed by atoms with van der Waals surface area (Å²) < 4.78 is 16.8. The van der Waals surface area contributed by atoms with E-state index in [1.54, 1.807) is 19.1 Å². The van der Waals surface area contributed by atoms with Gasteiger partial charge in [-0.1, -0.05) is 35.9 Å². The van der Waals surface area contributed by atoms with E-state index in [0.29, 0.717) is 28.9 Å². The molecule has 9 nitrogen and oxygen atoms in total. The van der Waals surface area contributed by atoms with Crippen molar-refractivity contribution in [1.82, 2.24) is 15.1 Å². The fraction of sp³-hybridized carbons (Fsp3) is 0.344. The van der Waals surface area contributed by atoms with Crippen LogP contribution in [0.2, 0.25) is 5.02 Å². The Morgan fingerprint density at radius 2 is 1.62 bits per heavy atom. The van der Waals surface area contributed by atoms with Crippen molar-refractivity contribution in [3.63, 3.8) is 0 Å². The summed E-state index contributed by atoms with van der Waals surface area (Å²) in [5, 5.41) is 3.36. The quantitative estimate of drug-likeness (QED) is 0.374. The number of piperazine rings is 1. The molecular formula is C32H37ClN4O5. The SMILES string of the molecule is CN1CCNC(=O)C1.COc1ccc(C2N=C(c3ccc(OC)cc3OC(C)C)N(C=O)C2c2ccc(Cl)cc2)cc1. The van der Waals surface area contributed by atoms with Crippen molar-refractivity contribution < 1.29 is 23.8 Å². The number of rotatable bonds is 8. The Kier molecular flexibility index (Phi) is 10.4. The standard InChI is InChI=1S/C27H27ClN2O4.C5H10N2O/c1-17(2)34-24-15-22(33-4)13-14-23(24)27-29-25(18-7-11-21(32-3)12-8-18)26(30(27)16-31)19-5-9-20(28)10-6-19;1-7-3-2-6-5(8)4-7/h5-17,25-26H,1-4H3;2-4H2,1H3,(H,6,8). The number of likely N-dealkylation sites (N-methyl/N-ethyl adjacent to an activating group) is 1. The molecule has 2 unspecified atom stereocenters. The van der Waals surface area contributed by atoms with Gasteiger partial charge in [0.2, 0.25) is 12.3 Å². The van der Waals surface area contributed by atoms with Gasteiger partial charge < -0.3 is 19.5 Å². The summed E-state index contributed by atoms with van der Waals surface area (Å²) in [5.41, 5.74) is 2.61. The summed E-state index contributed by atoms with van der Waals surface area (Å²) in [4.78, 5) is 31.7. The molecule has 0 bridgehead atoms. The number of methoxy groups -OCH3 is 2. The van der Waals surface area contributed by atoms with Gasteiger partial charge in [-0.05, 0) is 68.4 Å². The normalized spacial score (nSPS) is 18.5. The summed E-state index contributed by atoms with van der Waals surface area (Å²) in [6.07, 6.45) is 0.757. The lowest BCUT2D eigenvalue weighted by Crippen LogP contribution is -2.45. The van der Waals surface area contributed by atoms with Crippen molar-refractivity contribution in [3.8, 4) is 17.2 Å². The molecule has 0 saturated carbocycles. The maximum absolute atomic E-state index is 12.5. The predicted molar refractivity (Wildman–Crippen MR) is 164 cm³/mol. The van der Waals surface area contributed by atoms with Gasteiger partial charge in [-0.15, -0.1) is 0 Å². The Balaban J connectivity index is 0.000000437. The van der Waals surface area contributed by atoms with Gasteiger partial charge in [0.15, 0.2) is 0 Å². The highest BCUT2D eigenvalue weighted by atomic mass is 35.5. The number of aliphatic imine (C=N–C) groups is 1. The van der Waals surface area contributed by atoms with Crippen LogP contribution in [-0.2, 0) is 9.59 Å². The number of amidine groups is 1. The van der Waals surface area contributed by atoms with E-state index in [-0.39, 0.29) is 24.1 Å². The van der Waals surface area contributed by atoms with E-state index in [2.05, 4.69) is 5.32 Å². The second kappa shape index (κ2) is 14.2. The highest BCUT2D eigenvalue weighted by Crippen LogP contribution is 2.44. The van der Waals surface area contributed by atoms with Crippen molar-refractivity contribution in [3.05, 3.63) is 88.4 Å². The highest BCUT2D eigenvalue weighted by Gasteiger charge is 2.39. The fourth-order valence-electron chi connectivity index (χ4n) is 4.87.